The predicted octanol–water partition coefficient (Wildman–Crippen LogP) is 1.77. The zero-order chi connectivity index (χ0) is 13.0. The number of rotatable bonds is 3. The second-order valence-electron chi connectivity index (χ2n) is 3.62. The molecule has 0 aliphatic carbocycles. The largest absolute Gasteiger partial charge is 0.323 e. The lowest BCUT2D eigenvalue weighted by Gasteiger charge is -2.06. The Bertz CT molecular complexity index is 637. The van der Waals surface area contributed by atoms with Gasteiger partial charge in [0.15, 0.2) is 5.03 Å². The first kappa shape index (κ1) is 12.0. The number of nitro groups is 1. The van der Waals surface area contributed by atoms with Crippen LogP contribution in [0.5, 0.6) is 0 Å². The van der Waals surface area contributed by atoms with Crippen molar-refractivity contribution in [3.63, 3.8) is 0 Å². The van der Waals surface area contributed by atoms with Crippen LogP contribution in [-0.2, 0) is 6.54 Å². The summed E-state index contributed by atoms with van der Waals surface area (Å²) in [4.78, 5) is 10.4. The van der Waals surface area contributed by atoms with Crippen LogP contribution in [0, 0.1) is 15.9 Å². The Morgan fingerprint density at radius 1 is 1.22 bits per heavy atom. The van der Waals surface area contributed by atoms with Crippen LogP contribution in [-0.4, -0.2) is 9.60 Å². The van der Waals surface area contributed by atoms with E-state index in [-0.39, 0.29) is 17.8 Å². The Kier molecular flexibility index (Phi) is 3.47. The smallest absolute Gasteiger partial charge is 0.207 e. The Morgan fingerprint density at radius 3 is 2.67 bits per heavy atom. The lowest BCUT2D eigenvalue weighted by Crippen LogP contribution is -2.22. The molecule has 1 heterocycles. The van der Waals surface area contributed by atoms with E-state index < -0.39 is 5.03 Å². The summed E-state index contributed by atoms with van der Waals surface area (Å²) in [6.07, 6.45) is 1.62. The normalized spacial score (nSPS) is 11.5. The molecule has 0 unspecified atom stereocenters. The molecule has 0 N–H and O–H groups in total. The van der Waals surface area contributed by atoms with Gasteiger partial charge in [-0.05, 0) is 18.2 Å². The van der Waals surface area contributed by atoms with Crippen LogP contribution in [0.25, 0.3) is 0 Å². The highest BCUT2D eigenvalue weighted by atomic mass is 19.1. The predicted molar refractivity (Wildman–Crippen MR) is 62.5 cm³/mol. The summed E-state index contributed by atoms with van der Waals surface area (Å²) in [7, 11) is 0. The Balaban J connectivity index is 2.42. The second kappa shape index (κ2) is 5.22. The molecule has 0 fully saturated rings. The topological polar surface area (TPSA) is 60.4 Å². The molecule has 2 aromatic rings. The number of halogens is 1. The van der Waals surface area contributed by atoms with Gasteiger partial charge in [-0.25, -0.2) is 14.5 Å². The fourth-order valence-electron chi connectivity index (χ4n) is 1.59. The number of hydrogen-bond acceptors (Lipinski definition) is 2. The van der Waals surface area contributed by atoms with E-state index in [0.29, 0.717) is 5.56 Å². The van der Waals surface area contributed by atoms with Crippen molar-refractivity contribution in [2.75, 3.05) is 0 Å². The average Bonchev–Trinajstić information content (AvgIpc) is 2.34. The van der Waals surface area contributed by atoms with Crippen molar-refractivity contribution in [1.29, 1.82) is 0 Å². The van der Waals surface area contributed by atoms with Crippen molar-refractivity contribution in [1.82, 2.24) is 4.57 Å². The molecule has 0 saturated carbocycles. The quantitative estimate of drug-likeness (QED) is 0.613. The first-order valence-corrected chi connectivity index (χ1v) is 5.25. The van der Waals surface area contributed by atoms with Crippen LogP contribution in [0.1, 0.15) is 5.56 Å². The standard InChI is InChI=1S/C12H10FN3O2/c13-11-6-2-1-5-10(11)9-15-8-4-3-7-12(15)14-16(17)18/h1-8H,9H2. The van der Waals surface area contributed by atoms with Crippen molar-refractivity contribution in [3.05, 3.63) is 75.6 Å². The minimum atomic E-state index is -0.771. The second-order valence-corrected chi connectivity index (χ2v) is 3.62. The molecule has 0 radical (unpaired) electrons. The zero-order valence-corrected chi connectivity index (χ0v) is 9.36. The summed E-state index contributed by atoms with van der Waals surface area (Å²) in [6, 6.07) is 11.1. The molecule has 0 saturated heterocycles. The van der Waals surface area contributed by atoms with Crippen molar-refractivity contribution < 1.29 is 9.42 Å². The molecule has 0 bridgehead atoms. The third-order valence-corrected chi connectivity index (χ3v) is 2.40. The van der Waals surface area contributed by atoms with Crippen LogP contribution in [0.15, 0.2) is 53.8 Å². The molecule has 1 aromatic heterocycles. The van der Waals surface area contributed by atoms with Crippen LogP contribution < -0.4 is 5.49 Å². The van der Waals surface area contributed by atoms with E-state index in [1.54, 1.807) is 36.5 Å². The van der Waals surface area contributed by atoms with Gasteiger partial charge < -0.3 is 4.57 Å². The highest BCUT2D eigenvalue weighted by molar-refractivity contribution is 5.17. The molecule has 0 amide bonds. The summed E-state index contributed by atoms with van der Waals surface area (Å²) in [5.41, 5.74) is 0.624. The Labute approximate surface area is 102 Å². The number of nitrogens with zero attached hydrogens (tertiary/aromatic N) is 3. The molecule has 0 aliphatic rings. The van der Waals surface area contributed by atoms with Gasteiger partial charge >= 0.3 is 0 Å². The maximum absolute atomic E-state index is 13.5. The Morgan fingerprint density at radius 2 is 1.94 bits per heavy atom. The van der Waals surface area contributed by atoms with Crippen LogP contribution in [0.2, 0.25) is 0 Å². The van der Waals surface area contributed by atoms with E-state index >= 15 is 0 Å². The molecule has 18 heavy (non-hydrogen) atoms. The van der Waals surface area contributed by atoms with Gasteiger partial charge in [0.1, 0.15) is 5.82 Å². The molecule has 1 aromatic carbocycles. The molecule has 2 rings (SSSR count). The molecule has 0 spiro atoms. The summed E-state index contributed by atoms with van der Waals surface area (Å²) in [5, 5.41) is 12.9. The maximum atomic E-state index is 13.5. The van der Waals surface area contributed by atoms with Gasteiger partial charge in [-0.15, -0.1) is 0 Å². The molecule has 92 valence electrons. The fourth-order valence-corrected chi connectivity index (χ4v) is 1.59. The van der Waals surface area contributed by atoms with E-state index in [9.17, 15) is 14.5 Å². The number of pyridine rings is 1. The third-order valence-electron chi connectivity index (χ3n) is 2.40. The first-order chi connectivity index (χ1) is 8.66. The van der Waals surface area contributed by atoms with E-state index in [1.807, 2.05) is 0 Å². The minimum Gasteiger partial charge on any atom is -0.323 e. The van der Waals surface area contributed by atoms with Gasteiger partial charge in [0.25, 0.3) is 0 Å². The van der Waals surface area contributed by atoms with Crippen molar-refractivity contribution in [3.8, 4) is 0 Å². The van der Waals surface area contributed by atoms with E-state index in [0.717, 1.165) is 0 Å². The van der Waals surface area contributed by atoms with Gasteiger partial charge in [-0.2, -0.15) is 0 Å². The first-order valence-electron chi connectivity index (χ1n) is 5.25. The van der Waals surface area contributed by atoms with Gasteiger partial charge in [0.05, 0.1) is 11.6 Å². The summed E-state index contributed by atoms with van der Waals surface area (Å²) >= 11 is 0. The van der Waals surface area contributed by atoms with Crippen LogP contribution in [0.4, 0.5) is 4.39 Å². The highest BCUT2D eigenvalue weighted by Gasteiger charge is 2.03. The summed E-state index contributed by atoms with van der Waals surface area (Å²) in [5.74, 6) is -0.346. The van der Waals surface area contributed by atoms with E-state index in [4.69, 9.17) is 0 Å². The van der Waals surface area contributed by atoms with Crippen molar-refractivity contribution >= 4 is 0 Å². The summed E-state index contributed by atoms with van der Waals surface area (Å²) in [6.45, 7) is 0.195. The summed E-state index contributed by atoms with van der Waals surface area (Å²) < 4.78 is 15.0. The average molecular weight is 247 g/mol. The van der Waals surface area contributed by atoms with Gasteiger partial charge in [0, 0.05) is 11.8 Å². The minimum absolute atomic E-state index is 0.172. The lowest BCUT2D eigenvalue weighted by molar-refractivity contribution is -0.490. The van der Waals surface area contributed by atoms with Crippen molar-refractivity contribution in [2.45, 2.75) is 6.54 Å². The third kappa shape index (κ3) is 2.79. The van der Waals surface area contributed by atoms with Crippen molar-refractivity contribution in [2.24, 2.45) is 5.10 Å². The zero-order valence-electron chi connectivity index (χ0n) is 9.36. The molecule has 5 nitrogen and oxygen atoms in total. The number of aromatic nitrogens is 1. The van der Waals surface area contributed by atoms with Gasteiger partial charge in [-0.3, -0.25) is 0 Å². The van der Waals surface area contributed by atoms with Crippen LogP contribution in [0.3, 0.4) is 0 Å². The SMILES string of the molecule is O=[N+]([O-])N=c1ccccn1Cc1ccccc1F. The molecule has 6 heteroatoms. The lowest BCUT2D eigenvalue weighted by atomic mass is 10.2. The van der Waals surface area contributed by atoms with E-state index in [2.05, 4.69) is 5.10 Å². The van der Waals surface area contributed by atoms with Crippen LogP contribution >= 0.6 is 0 Å². The van der Waals surface area contributed by atoms with Gasteiger partial charge in [-0.1, -0.05) is 24.3 Å². The monoisotopic (exact) mass is 247 g/mol. The fraction of sp³-hybridized carbons (Fsp3) is 0.0833. The molecule has 0 atom stereocenters. The highest BCUT2D eigenvalue weighted by Crippen LogP contribution is 2.07. The number of hydrogen-bond donors (Lipinski definition) is 0. The molecular formula is C12H10FN3O2. The maximum Gasteiger partial charge on any atom is 0.207 e. The molecular weight excluding hydrogens is 237 g/mol. The van der Waals surface area contributed by atoms with Gasteiger partial charge in [0.2, 0.25) is 5.49 Å². The number of benzene rings is 1. The Hall–Kier alpha value is -2.50. The van der Waals surface area contributed by atoms with E-state index in [1.165, 1.54) is 16.7 Å². The molecule has 0 aliphatic heterocycles.